The van der Waals surface area contributed by atoms with E-state index in [1.165, 1.54) is 35.7 Å². The number of nitrogens with one attached hydrogen (secondary N) is 3. The Balaban J connectivity index is 1.41. The van der Waals surface area contributed by atoms with Crippen LogP contribution in [0.3, 0.4) is 0 Å². The van der Waals surface area contributed by atoms with Crippen molar-refractivity contribution in [1.29, 1.82) is 5.26 Å². The third kappa shape index (κ3) is 5.17. The minimum absolute atomic E-state index is 0.295. The van der Waals surface area contributed by atoms with Crippen LogP contribution in [0.15, 0.2) is 36.5 Å². The van der Waals surface area contributed by atoms with Gasteiger partial charge in [-0.1, -0.05) is 6.07 Å². The van der Waals surface area contributed by atoms with Gasteiger partial charge in [0.05, 0.1) is 6.20 Å². The van der Waals surface area contributed by atoms with E-state index in [0.717, 1.165) is 18.8 Å². The van der Waals surface area contributed by atoms with Crippen LogP contribution < -0.4 is 15.4 Å². The maximum Gasteiger partial charge on any atom is 0.229 e. The highest BCUT2D eigenvalue weighted by molar-refractivity contribution is 8.19. The van der Waals surface area contributed by atoms with Crippen molar-refractivity contribution in [3.05, 3.63) is 58.8 Å². The topological polar surface area (TPSA) is 119 Å². The lowest BCUT2D eigenvalue weighted by Crippen LogP contribution is -2.36. The lowest BCUT2D eigenvalue weighted by molar-refractivity contribution is 0.270. The lowest BCUT2D eigenvalue weighted by atomic mass is 9.83. The molecule has 0 atom stereocenters. The van der Waals surface area contributed by atoms with Crippen LogP contribution in [-0.4, -0.2) is 56.4 Å². The molecule has 5 rings (SSSR count). The summed E-state index contributed by atoms with van der Waals surface area (Å²) in [5.74, 6) is 1.67. The predicted molar refractivity (Wildman–Crippen MR) is 146 cm³/mol. The Morgan fingerprint density at radius 2 is 1.86 bits per heavy atom. The number of rotatable bonds is 6. The van der Waals surface area contributed by atoms with Gasteiger partial charge in [0.25, 0.3) is 0 Å². The molecule has 1 fully saturated rings. The molecular formula is C26H32N8OS. The van der Waals surface area contributed by atoms with E-state index in [4.69, 9.17) is 0 Å². The highest BCUT2D eigenvalue weighted by atomic mass is 32.3. The zero-order valence-electron chi connectivity index (χ0n) is 21.3. The number of nitrogens with zero attached hydrogens (tertiary/aromatic N) is 5. The molecule has 3 heterocycles. The first-order valence-corrected chi connectivity index (χ1v) is 15.1. The third-order valence-corrected chi connectivity index (χ3v) is 7.33. The van der Waals surface area contributed by atoms with Crippen LogP contribution >= 0.6 is 0 Å². The summed E-state index contributed by atoms with van der Waals surface area (Å²) in [6.45, 7) is 4.23. The van der Waals surface area contributed by atoms with Crippen LogP contribution in [-0.2, 0) is 21.2 Å². The number of nitriles is 1. The molecule has 1 spiro atoms. The number of fused-ring (bicyclic) bond motifs is 2. The molecule has 1 aromatic carbocycles. The molecule has 10 heteroatoms. The zero-order valence-corrected chi connectivity index (χ0v) is 22.2. The predicted octanol–water partition coefficient (Wildman–Crippen LogP) is 4.05. The summed E-state index contributed by atoms with van der Waals surface area (Å²) in [4.78, 5) is 15.8. The van der Waals surface area contributed by atoms with E-state index in [1.807, 2.05) is 0 Å². The minimum Gasteiger partial charge on any atom is -0.324 e. The molecule has 36 heavy (non-hydrogen) atoms. The highest BCUT2D eigenvalue weighted by Gasteiger charge is 2.49. The average Bonchev–Trinajstić information content (AvgIpc) is 3.50. The van der Waals surface area contributed by atoms with Crippen molar-refractivity contribution >= 4 is 38.3 Å². The number of hydrogen-bond acceptors (Lipinski definition) is 8. The largest absolute Gasteiger partial charge is 0.324 e. The molecule has 3 aromatic rings. The number of pyridine rings is 1. The molecule has 1 saturated carbocycles. The van der Waals surface area contributed by atoms with E-state index >= 15 is 0 Å². The molecule has 0 unspecified atom stereocenters. The fourth-order valence-electron chi connectivity index (χ4n) is 5.10. The van der Waals surface area contributed by atoms with Gasteiger partial charge in [-0.3, -0.25) is 4.21 Å². The van der Waals surface area contributed by atoms with Gasteiger partial charge in [-0.15, -0.1) is 0 Å². The summed E-state index contributed by atoms with van der Waals surface area (Å²) in [5.41, 5.74) is 5.69. The summed E-state index contributed by atoms with van der Waals surface area (Å²) < 4.78 is 15.7. The number of aryl methyl sites for hydroxylation is 1. The Morgan fingerprint density at radius 3 is 2.56 bits per heavy atom. The summed E-state index contributed by atoms with van der Waals surface area (Å²) in [5, 5.41) is 16.0. The second-order valence-corrected chi connectivity index (χ2v) is 16.1. The van der Waals surface area contributed by atoms with Gasteiger partial charge >= 0.3 is 0 Å². The third-order valence-electron chi connectivity index (χ3n) is 6.43. The summed E-state index contributed by atoms with van der Waals surface area (Å²) in [7, 11) is -0.827. The SMILES string of the molecule is Cc1cc(Nc2ncc(C#N)c(Nc3cccc(NS(C)(C)(C)=O)n3)n2)cc2c1C1(CC1)CN(C)C2. The Kier molecular flexibility index (Phi) is 5.54. The fraction of sp³-hybridized carbons (Fsp3) is 0.385. The summed E-state index contributed by atoms with van der Waals surface area (Å²) in [6, 6.07) is 11.8. The molecule has 0 saturated heterocycles. The van der Waals surface area contributed by atoms with Gasteiger partial charge in [0, 0.05) is 43.0 Å². The molecular weight excluding hydrogens is 472 g/mol. The standard InChI is InChI=1S/C26H32N8OS/c1-17-11-20(12-18-15-34(2)16-26(9-10-26)23(17)18)29-25-28-14-19(13-27)24(32-25)31-21-7-6-8-22(30-21)33-36(3,4,5)35/h6-8,11-12,14H,9-10,15-16H2,1-5H3,(H3,28,29,30,31,32,33,35). The van der Waals surface area contributed by atoms with Crippen LogP contribution in [0.2, 0.25) is 0 Å². The molecule has 0 radical (unpaired) electrons. The summed E-state index contributed by atoms with van der Waals surface area (Å²) in [6.07, 6.45) is 8.96. The van der Waals surface area contributed by atoms with E-state index in [0.29, 0.717) is 34.4 Å². The van der Waals surface area contributed by atoms with E-state index in [-0.39, 0.29) is 0 Å². The van der Waals surface area contributed by atoms with Crippen LogP contribution in [0.5, 0.6) is 0 Å². The molecule has 0 bridgehead atoms. The smallest absolute Gasteiger partial charge is 0.229 e. The van der Waals surface area contributed by atoms with Crippen molar-refractivity contribution < 1.29 is 4.21 Å². The first-order valence-electron chi connectivity index (χ1n) is 11.9. The molecule has 2 aromatic heterocycles. The van der Waals surface area contributed by atoms with Crippen molar-refractivity contribution in [2.24, 2.45) is 0 Å². The maximum atomic E-state index is 12.7. The summed E-state index contributed by atoms with van der Waals surface area (Å²) >= 11 is 0. The quantitative estimate of drug-likeness (QED) is 0.460. The molecule has 0 amide bonds. The highest BCUT2D eigenvalue weighted by Crippen LogP contribution is 2.53. The monoisotopic (exact) mass is 504 g/mol. The van der Waals surface area contributed by atoms with Crippen molar-refractivity contribution in [2.45, 2.75) is 31.7 Å². The Morgan fingerprint density at radius 1 is 1.11 bits per heavy atom. The Labute approximate surface area is 211 Å². The second kappa shape index (κ2) is 8.25. The average molecular weight is 505 g/mol. The van der Waals surface area contributed by atoms with Crippen LogP contribution in [0, 0.1) is 18.3 Å². The molecule has 2 aliphatic rings. The van der Waals surface area contributed by atoms with E-state index in [9.17, 15) is 9.47 Å². The van der Waals surface area contributed by atoms with Gasteiger partial charge in [-0.2, -0.15) is 10.2 Å². The van der Waals surface area contributed by atoms with Crippen molar-refractivity contribution in [1.82, 2.24) is 19.9 Å². The maximum absolute atomic E-state index is 12.7. The first-order chi connectivity index (χ1) is 16.9. The Bertz CT molecular complexity index is 1460. The van der Waals surface area contributed by atoms with Crippen molar-refractivity contribution in [3.63, 3.8) is 0 Å². The van der Waals surface area contributed by atoms with Gasteiger partial charge in [0.15, 0.2) is 5.82 Å². The van der Waals surface area contributed by atoms with Gasteiger partial charge in [-0.25, -0.2) is 9.97 Å². The Hall–Kier alpha value is -3.55. The fourth-order valence-corrected chi connectivity index (χ4v) is 5.93. The van der Waals surface area contributed by atoms with Gasteiger partial charge in [0.1, 0.15) is 23.3 Å². The molecule has 9 nitrogen and oxygen atoms in total. The van der Waals surface area contributed by atoms with Crippen LogP contribution in [0.25, 0.3) is 0 Å². The second-order valence-electron chi connectivity index (χ2n) is 11.0. The van der Waals surface area contributed by atoms with E-state index < -0.39 is 9.25 Å². The van der Waals surface area contributed by atoms with Crippen molar-refractivity contribution in [2.75, 3.05) is 47.7 Å². The van der Waals surface area contributed by atoms with Crippen LogP contribution in [0.1, 0.15) is 35.1 Å². The zero-order chi connectivity index (χ0) is 25.7. The van der Waals surface area contributed by atoms with Crippen LogP contribution in [0.4, 0.5) is 29.1 Å². The van der Waals surface area contributed by atoms with Crippen molar-refractivity contribution in [3.8, 4) is 6.07 Å². The molecule has 3 N–H and O–H groups in total. The number of hydrogen-bond donors (Lipinski definition) is 3. The molecule has 1 aliphatic carbocycles. The van der Waals surface area contributed by atoms with E-state index in [2.05, 4.69) is 67.4 Å². The first kappa shape index (κ1) is 24.2. The minimum atomic E-state index is -3.01. The molecule has 188 valence electrons. The van der Waals surface area contributed by atoms with Gasteiger partial charge in [-0.05, 0) is 77.0 Å². The number of aromatic nitrogens is 3. The van der Waals surface area contributed by atoms with Gasteiger partial charge < -0.3 is 20.3 Å². The number of anilines is 5. The van der Waals surface area contributed by atoms with E-state index in [1.54, 1.807) is 37.0 Å². The lowest BCUT2D eigenvalue weighted by Gasteiger charge is -2.34. The molecule has 1 aliphatic heterocycles. The number of likely N-dealkylation sites (N-methyl/N-ethyl adjacent to an activating group) is 1. The normalized spacial score (nSPS) is 17.4. The number of benzene rings is 1. The van der Waals surface area contributed by atoms with Gasteiger partial charge in [0.2, 0.25) is 5.95 Å².